The lowest BCUT2D eigenvalue weighted by molar-refractivity contribution is -0.527. The van der Waals surface area contributed by atoms with Crippen molar-refractivity contribution >= 4 is 11.8 Å². The Labute approximate surface area is 323 Å². The summed E-state index contributed by atoms with van der Waals surface area (Å²) in [5, 5.41) is 59.6. The second-order valence-corrected chi connectivity index (χ2v) is 13.4. The highest BCUT2D eigenvalue weighted by Gasteiger charge is 2.41. The van der Waals surface area contributed by atoms with Gasteiger partial charge in [-0.05, 0) is 67.5 Å². The SMILES string of the molecule is COCCCN1CCOc2ccc(COC3CN(C(=O)OCCCCC(CON(O)O)ON(O)O)C(CC(O)c4nn[nH]n4)CC3c3ccc(OC)cc3)cc21. The van der Waals surface area contributed by atoms with Crippen LogP contribution in [0.15, 0.2) is 42.5 Å². The topological polar surface area (TPSA) is 250 Å². The predicted molar refractivity (Wildman–Crippen MR) is 191 cm³/mol. The van der Waals surface area contributed by atoms with Gasteiger partial charge in [0.25, 0.3) is 0 Å². The maximum Gasteiger partial charge on any atom is 0.410 e. The van der Waals surface area contributed by atoms with Gasteiger partial charge in [-0.3, -0.25) is 20.8 Å². The van der Waals surface area contributed by atoms with Crippen molar-refractivity contribution < 1.29 is 64.1 Å². The van der Waals surface area contributed by atoms with E-state index < -0.39 is 47.8 Å². The summed E-state index contributed by atoms with van der Waals surface area (Å²) in [4.78, 5) is 27.0. The summed E-state index contributed by atoms with van der Waals surface area (Å²) in [7, 11) is 3.29. The Hall–Kier alpha value is -4.26. The minimum absolute atomic E-state index is 0.00260. The maximum atomic E-state index is 13.8. The van der Waals surface area contributed by atoms with Gasteiger partial charge in [0.2, 0.25) is 5.82 Å². The molecule has 21 heteroatoms. The van der Waals surface area contributed by atoms with Crippen LogP contribution in [-0.2, 0) is 30.5 Å². The number of tetrazole rings is 1. The summed E-state index contributed by atoms with van der Waals surface area (Å²) in [6, 6.07) is 13.2. The molecule has 1 saturated heterocycles. The molecule has 2 aliphatic rings. The Morgan fingerprint density at radius 2 is 1.88 bits per heavy atom. The van der Waals surface area contributed by atoms with Crippen molar-refractivity contribution in [3.63, 3.8) is 0 Å². The molecule has 0 saturated carbocycles. The van der Waals surface area contributed by atoms with Crippen LogP contribution in [0.1, 0.15) is 67.5 Å². The molecule has 21 nitrogen and oxygen atoms in total. The summed E-state index contributed by atoms with van der Waals surface area (Å²) in [5.41, 5.74) is 2.90. The van der Waals surface area contributed by atoms with Gasteiger partial charge in [0.05, 0.1) is 56.0 Å². The number of likely N-dealkylation sites (tertiary alicyclic amines) is 1. The molecular formula is C35H52N8O13. The van der Waals surface area contributed by atoms with Crippen LogP contribution in [0, 0.1) is 0 Å². The molecule has 0 spiro atoms. The third kappa shape index (κ3) is 12.6. The Kier molecular flexibility index (Phi) is 16.8. The van der Waals surface area contributed by atoms with Crippen molar-refractivity contribution in [1.82, 2.24) is 36.3 Å². The number of ether oxygens (including phenoxy) is 5. The molecular weight excluding hydrogens is 740 g/mol. The van der Waals surface area contributed by atoms with Gasteiger partial charge in [0.1, 0.15) is 36.9 Å². The number of aromatic nitrogens is 4. The number of H-pyrrole nitrogens is 1. The Balaban J connectivity index is 1.31. The number of rotatable bonds is 22. The van der Waals surface area contributed by atoms with E-state index in [0.29, 0.717) is 38.2 Å². The highest BCUT2D eigenvalue weighted by molar-refractivity contribution is 5.68. The summed E-state index contributed by atoms with van der Waals surface area (Å²) in [6.07, 6.45) is -0.867. The van der Waals surface area contributed by atoms with Crippen LogP contribution in [0.5, 0.6) is 11.5 Å². The number of piperidine rings is 1. The van der Waals surface area contributed by atoms with Gasteiger partial charge in [-0.2, -0.15) is 5.21 Å². The van der Waals surface area contributed by atoms with Crippen molar-refractivity contribution in [2.75, 3.05) is 65.2 Å². The van der Waals surface area contributed by atoms with E-state index in [4.69, 9.17) is 49.4 Å². The largest absolute Gasteiger partial charge is 0.497 e. The van der Waals surface area contributed by atoms with E-state index in [-0.39, 0.29) is 44.3 Å². The third-order valence-corrected chi connectivity index (χ3v) is 9.71. The second-order valence-electron chi connectivity index (χ2n) is 13.4. The van der Waals surface area contributed by atoms with Crippen LogP contribution < -0.4 is 14.4 Å². The number of carbonyl (C=O) groups is 1. The van der Waals surface area contributed by atoms with Gasteiger partial charge in [-0.25, -0.2) is 14.5 Å². The van der Waals surface area contributed by atoms with Crippen molar-refractivity contribution in [2.45, 2.75) is 75.4 Å². The van der Waals surface area contributed by atoms with Gasteiger partial charge in [-0.1, -0.05) is 23.4 Å². The number of aliphatic hydroxyl groups is 1. The average molecular weight is 793 g/mol. The second kappa shape index (κ2) is 21.9. The molecule has 2 aliphatic heterocycles. The van der Waals surface area contributed by atoms with E-state index in [0.717, 1.165) is 42.1 Å². The smallest absolute Gasteiger partial charge is 0.410 e. The fourth-order valence-electron chi connectivity index (χ4n) is 6.94. The van der Waals surface area contributed by atoms with Gasteiger partial charge in [0, 0.05) is 38.6 Å². The highest BCUT2D eigenvalue weighted by Crippen LogP contribution is 2.39. The van der Waals surface area contributed by atoms with E-state index in [1.165, 1.54) is 0 Å². The zero-order valence-corrected chi connectivity index (χ0v) is 31.5. The van der Waals surface area contributed by atoms with Gasteiger partial charge >= 0.3 is 6.09 Å². The average Bonchev–Trinajstić information content (AvgIpc) is 3.75. The number of carbonyl (C=O) groups excluding carboxylic acids is 1. The number of hydrogen-bond donors (Lipinski definition) is 6. The third-order valence-electron chi connectivity index (χ3n) is 9.71. The summed E-state index contributed by atoms with van der Waals surface area (Å²) < 4.78 is 29.0. The number of nitrogens with one attached hydrogen (secondary N) is 1. The summed E-state index contributed by atoms with van der Waals surface area (Å²) in [6.45, 7) is 2.83. The summed E-state index contributed by atoms with van der Waals surface area (Å²) in [5.74, 6) is 1.41. The zero-order chi connectivity index (χ0) is 39.9. The molecule has 1 aromatic heterocycles. The first kappa shape index (κ1) is 42.9. The fourth-order valence-corrected chi connectivity index (χ4v) is 6.94. The predicted octanol–water partition coefficient (Wildman–Crippen LogP) is 3.01. The molecule has 6 N–H and O–H groups in total. The lowest BCUT2D eigenvalue weighted by Gasteiger charge is -2.44. The molecule has 5 atom stereocenters. The number of aliphatic hydroxyl groups excluding tert-OH is 1. The fraction of sp³-hybridized carbons (Fsp3) is 0.600. The number of aromatic amines is 1. The molecule has 1 fully saturated rings. The number of unbranched alkanes of at least 4 members (excludes halogenated alkanes) is 1. The number of anilines is 1. The first-order valence-corrected chi connectivity index (χ1v) is 18.4. The first-order chi connectivity index (χ1) is 27.1. The van der Waals surface area contributed by atoms with Gasteiger partial charge in [-0.15, -0.1) is 10.2 Å². The number of nitrogens with zero attached hydrogens (tertiary/aromatic N) is 7. The van der Waals surface area contributed by atoms with Crippen molar-refractivity contribution in [1.29, 1.82) is 0 Å². The highest BCUT2D eigenvalue weighted by atomic mass is 17.1. The molecule has 0 bridgehead atoms. The van der Waals surface area contributed by atoms with E-state index in [1.54, 1.807) is 19.1 Å². The normalized spacial score (nSPS) is 19.5. The molecule has 56 heavy (non-hydrogen) atoms. The lowest BCUT2D eigenvalue weighted by atomic mass is 9.81. The quantitative estimate of drug-likeness (QED) is 0.0632. The molecule has 310 valence electrons. The lowest BCUT2D eigenvalue weighted by Crippen LogP contribution is -2.53. The monoisotopic (exact) mass is 792 g/mol. The van der Waals surface area contributed by atoms with E-state index in [9.17, 15) is 9.90 Å². The van der Waals surface area contributed by atoms with E-state index >= 15 is 0 Å². The zero-order valence-electron chi connectivity index (χ0n) is 31.5. The molecule has 2 aromatic carbocycles. The minimum Gasteiger partial charge on any atom is -0.497 e. The Bertz CT molecular complexity index is 1590. The molecule has 3 aromatic rings. The van der Waals surface area contributed by atoms with Crippen LogP contribution in [0.4, 0.5) is 10.5 Å². The first-order valence-electron chi connectivity index (χ1n) is 18.4. The van der Waals surface area contributed by atoms with Crippen molar-refractivity contribution in [3.8, 4) is 11.5 Å². The van der Waals surface area contributed by atoms with Crippen LogP contribution in [0.2, 0.25) is 0 Å². The molecule has 5 rings (SSSR count). The van der Waals surface area contributed by atoms with Crippen molar-refractivity contribution in [3.05, 3.63) is 59.4 Å². The number of benzene rings is 2. The Morgan fingerprint density at radius 1 is 1.05 bits per heavy atom. The van der Waals surface area contributed by atoms with Crippen LogP contribution in [0.25, 0.3) is 0 Å². The molecule has 3 heterocycles. The standard InChI is InChI=1S/C35H52N8O13/c1-50-15-5-13-40-14-17-52-32-12-7-24(18-30(32)40)22-54-33-21-41(35(45)53-16-4-3-6-28(56-43(48)49)23-55-42(46)47)26(20-31(44)34-36-38-39-37-34)19-29(33)25-8-10-27(51-2)11-9-25/h7-12,18,26,28-29,31,33,44,46-49H,3-6,13-17,19-23H2,1-2H3,(H,36,37,38,39). The van der Waals surface area contributed by atoms with Gasteiger partial charge < -0.3 is 38.6 Å². The molecule has 0 aliphatic carbocycles. The number of methoxy groups -OCH3 is 2. The Morgan fingerprint density at radius 3 is 2.59 bits per heavy atom. The van der Waals surface area contributed by atoms with Crippen LogP contribution in [0.3, 0.4) is 0 Å². The number of amides is 1. The number of fused-ring (bicyclic) bond motifs is 1. The van der Waals surface area contributed by atoms with Crippen LogP contribution in [-0.4, -0.2) is 147 Å². The minimum atomic E-state index is -1.13. The molecule has 5 unspecified atom stereocenters. The molecule has 1 amide bonds. The van der Waals surface area contributed by atoms with E-state index in [2.05, 4.69) is 36.4 Å². The number of hydrogen-bond acceptors (Lipinski definition) is 19. The van der Waals surface area contributed by atoms with Crippen molar-refractivity contribution in [2.24, 2.45) is 0 Å². The maximum absolute atomic E-state index is 13.8. The van der Waals surface area contributed by atoms with Crippen LogP contribution >= 0.6 is 0 Å². The summed E-state index contributed by atoms with van der Waals surface area (Å²) >= 11 is 0. The van der Waals surface area contributed by atoms with E-state index in [1.807, 2.05) is 36.4 Å². The molecule has 0 radical (unpaired) electrons. The van der Waals surface area contributed by atoms with Gasteiger partial charge in [0.15, 0.2) is 0 Å².